The average molecular weight is 337 g/mol. The highest BCUT2D eigenvalue weighted by Crippen LogP contribution is 2.27. The fourth-order valence-electron chi connectivity index (χ4n) is 3.15. The highest BCUT2D eigenvalue weighted by atomic mass is 32.2. The molecule has 1 aromatic carbocycles. The summed E-state index contributed by atoms with van der Waals surface area (Å²) < 4.78 is 27.2. The molecule has 0 radical (unpaired) electrons. The molecule has 1 amide bonds. The lowest BCUT2D eigenvalue weighted by Gasteiger charge is -2.33. The number of aryl methyl sites for hydroxylation is 1. The Balaban J connectivity index is 1.83. The molecule has 1 fully saturated rings. The summed E-state index contributed by atoms with van der Waals surface area (Å²) >= 11 is 0. The van der Waals surface area contributed by atoms with E-state index in [1.807, 2.05) is 0 Å². The van der Waals surface area contributed by atoms with Gasteiger partial charge in [-0.1, -0.05) is 6.92 Å². The van der Waals surface area contributed by atoms with E-state index in [0.29, 0.717) is 24.4 Å². The van der Waals surface area contributed by atoms with E-state index >= 15 is 0 Å². The fraction of sp³-hybridized carbons (Fsp3) is 0.562. The van der Waals surface area contributed by atoms with Gasteiger partial charge in [0.25, 0.3) is 0 Å². The van der Waals surface area contributed by atoms with Crippen LogP contribution in [-0.2, 0) is 21.2 Å². The van der Waals surface area contributed by atoms with Crippen LogP contribution >= 0.6 is 0 Å². The molecule has 0 atom stereocenters. The monoisotopic (exact) mass is 337 g/mol. The second-order valence-electron chi connectivity index (χ2n) is 6.06. The van der Waals surface area contributed by atoms with Crippen molar-refractivity contribution in [2.45, 2.75) is 31.1 Å². The van der Waals surface area contributed by atoms with Crippen molar-refractivity contribution in [3.05, 3.63) is 23.8 Å². The zero-order chi connectivity index (χ0) is 16.4. The summed E-state index contributed by atoms with van der Waals surface area (Å²) in [7, 11) is -3.46. The Hall–Kier alpha value is -1.44. The van der Waals surface area contributed by atoms with Gasteiger partial charge in [-0.2, -0.15) is 4.31 Å². The molecular weight excluding hydrogens is 314 g/mol. The first-order valence-electron chi connectivity index (χ1n) is 8.16. The number of carbonyl (C=O) groups excluding carboxylic acids is 1. The second-order valence-corrected chi connectivity index (χ2v) is 8.00. The number of anilines is 1. The van der Waals surface area contributed by atoms with Crippen molar-refractivity contribution in [1.82, 2.24) is 9.21 Å². The summed E-state index contributed by atoms with van der Waals surface area (Å²) in [6.07, 6.45) is 1.95. The zero-order valence-electron chi connectivity index (χ0n) is 13.4. The molecule has 0 saturated carbocycles. The summed E-state index contributed by atoms with van der Waals surface area (Å²) in [5, 5.41) is 2.84. The molecule has 1 N–H and O–H groups in total. The van der Waals surface area contributed by atoms with E-state index in [2.05, 4.69) is 17.1 Å². The molecule has 0 spiro atoms. The smallest absolute Gasteiger partial charge is 0.243 e. The minimum absolute atomic E-state index is 0.00459. The van der Waals surface area contributed by atoms with Crippen LogP contribution < -0.4 is 5.32 Å². The highest BCUT2D eigenvalue weighted by molar-refractivity contribution is 7.89. The Labute approximate surface area is 137 Å². The number of sulfonamides is 1. The minimum Gasteiger partial charge on any atom is -0.326 e. The largest absolute Gasteiger partial charge is 0.326 e. The van der Waals surface area contributed by atoms with Crippen molar-refractivity contribution >= 4 is 21.6 Å². The van der Waals surface area contributed by atoms with Gasteiger partial charge in [-0.15, -0.1) is 0 Å². The van der Waals surface area contributed by atoms with Crippen molar-refractivity contribution in [2.75, 3.05) is 38.0 Å². The van der Waals surface area contributed by atoms with Crippen molar-refractivity contribution in [2.24, 2.45) is 0 Å². The van der Waals surface area contributed by atoms with E-state index in [0.717, 1.165) is 43.7 Å². The van der Waals surface area contributed by atoms with Gasteiger partial charge in [0.05, 0.1) is 4.90 Å². The number of piperazine rings is 1. The molecule has 23 heavy (non-hydrogen) atoms. The number of rotatable bonds is 3. The number of benzene rings is 1. The van der Waals surface area contributed by atoms with E-state index in [9.17, 15) is 13.2 Å². The lowest BCUT2D eigenvalue weighted by molar-refractivity contribution is -0.116. The van der Waals surface area contributed by atoms with E-state index in [4.69, 9.17) is 0 Å². The third-order valence-corrected chi connectivity index (χ3v) is 6.51. The lowest BCUT2D eigenvalue weighted by Crippen LogP contribution is -2.48. The van der Waals surface area contributed by atoms with Gasteiger partial charge < -0.3 is 10.2 Å². The summed E-state index contributed by atoms with van der Waals surface area (Å²) in [6.45, 7) is 5.65. The van der Waals surface area contributed by atoms with Gasteiger partial charge in [0.2, 0.25) is 15.9 Å². The Morgan fingerprint density at radius 3 is 2.57 bits per heavy atom. The third-order valence-electron chi connectivity index (χ3n) is 4.62. The van der Waals surface area contributed by atoms with E-state index in [-0.39, 0.29) is 5.91 Å². The topological polar surface area (TPSA) is 69.7 Å². The summed E-state index contributed by atoms with van der Waals surface area (Å²) in [5.74, 6) is -0.00459. The van der Waals surface area contributed by atoms with Gasteiger partial charge in [0.1, 0.15) is 0 Å². The van der Waals surface area contributed by atoms with Crippen molar-refractivity contribution < 1.29 is 13.2 Å². The number of carbonyl (C=O) groups is 1. The first-order valence-corrected chi connectivity index (χ1v) is 9.60. The van der Waals surface area contributed by atoms with Gasteiger partial charge in [-0.3, -0.25) is 4.79 Å². The second kappa shape index (κ2) is 6.59. The molecule has 1 saturated heterocycles. The predicted molar refractivity (Wildman–Crippen MR) is 88.9 cm³/mol. The summed E-state index contributed by atoms with van der Waals surface area (Å²) in [6, 6.07) is 5.04. The van der Waals surface area contributed by atoms with Crippen LogP contribution in [0.25, 0.3) is 0 Å². The number of nitrogens with one attached hydrogen (secondary N) is 1. The molecule has 2 aliphatic heterocycles. The molecule has 2 heterocycles. The molecule has 2 aliphatic rings. The van der Waals surface area contributed by atoms with Crippen LogP contribution in [0.4, 0.5) is 5.69 Å². The van der Waals surface area contributed by atoms with Crippen LogP contribution in [0.5, 0.6) is 0 Å². The Morgan fingerprint density at radius 2 is 1.87 bits per heavy atom. The maximum absolute atomic E-state index is 12.8. The maximum atomic E-state index is 12.8. The van der Waals surface area contributed by atoms with Crippen LogP contribution in [0.1, 0.15) is 25.3 Å². The number of fused-ring (bicyclic) bond motifs is 1. The Morgan fingerprint density at radius 1 is 1.13 bits per heavy atom. The first-order chi connectivity index (χ1) is 11.0. The highest BCUT2D eigenvalue weighted by Gasteiger charge is 2.28. The number of hydrogen-bond acceptors (Lipinski definition) is 4. The Kier molecular flexibility index (Phi) is 4.70. The summed E-state index contributed by atoms with van der Waals surface area (Å²) in [4.78, 5) is 14.2. The molecule has 7 heteroatoms. The maximum Gasteiger partial charge on any atom is 0.243 e. The molecule has 1 aromatic rings. The molecule has 6 nitrogen and oxygen atoms in total. The fourth-order valence-corrected chi connectivity index (χ4v) is 4.62. The molecule has 0 aromatic heterocycles. The van der Waals surface area contributed by atoms with E-state index < -0.39 is 10.0 Å². The van der Waals surface area contributed by atoms with Crippen molar-refractivity contribution in [3.63, 3.8) is 0 Å². The molecular formula is C16H23N3O3S. The normalized spacial score (nSPS) is 20.7. The first kappa shape index (κ1) is 16.4. The summed E-state index contributed by atoms with van der Waals surface area (Å²) in [5.41, 5.74) is 1.64. The molecule has 3 rings (SSSR count). The number of hydrogen-bond donors (Lipinski definition) is 1. The van der Waals surface area contributed by atoms with E-state index in [1.165, 1.54) is 0 Å². The lowest BCUT2D eigenvalue weighted by atomic mass is 10.1. The van der Waals surface area contributed by atoms with E-state index in [1.54, 1.807) is 22.5 Å². The number of amides is 1. The van der Waals surface area contributed by atoms with Crippen LogP contribution in [-0.4, -0.2) is 56.3 Å². The minimum atomic E-state index is -3.46. The van der Waals surface area contributed by atoms with Gasteiger partial charge in [-0.05, 0) is 43.1 Å². The third kappa shape index (κ3) is 3.41. The zero-order valence-corrected chi connectivity index (χ0v) is 14.2. The SMILES string of the molecule is CCN1CCN(S(=O)(=O)c2ccc3c(c2)CCCC(=O)N3)CC1. The molecule has 126 valence electrons. The number of likely N-dealkylation sites (N-methyl/N-ethyl adjacent to an activating group) is 1. The van der Waals surface area contributed by atoms with Gasteiger partial charge >= 0.3 is 0 Å². The molecule has 0 bridgehead atoms. The average Bonchev–Trinajstić information content (AvgIpc) is 2.74. The predicted octanol–water partition coefficient (Wildman–Crippen LogP) is 1.29. The standard InChI is InChI=1S/C16H23N3O3S/c1-2-18-8-10-19(11-9-18)23(21,22)14-6-7-15-13(12-14)4-3-5-16(20)17-15/h6-7,12H,2-5,8-11H2,1H3,(H,17,20). The number of nitrogens with zero attached hydrogens (tertiary/aromatic N) is 2. The quantitative estimate of drug-likeness (QED) is 0.902. The van der Waals surface area contributed by atoms with Crippen LogP contribution in [0.15, 0.2) is 23.1 Å². The molecule has 0 aliphatic carbocycles. The van der Waals surface area contributed by atoms with Gasteiger partial charge in [-0.25, -0.2) is 8.42 Å². The van der Waals surface area contributed by atoms with Crippen LogP contribution in [0.2, 0.25) is 0 Å². The van der Waals surface area contributed by atoms with Gasteiger partial charge in [0.15, 0.2) is 0 Å². The van der Waals surface area contributed by atoms with Crippen molar-refractivity contribution in [3.8, 4) is 0 Å². The van der Waals surface area contributed by atoms with Gasteiger partial charge in [0, 0.05) is 38.3 Å². The Bertz CT molecular complexity index is 695. The van der Waals surface area contributed by atoms with Crippen LogP contribution in [0.3, 0.4) is 0 Å². The molecule has 0 unspecified atom stereocenters. The van der Waals surface area contributed by atoms with Crippen LogP contribution in [0, 0.1) is 0 Å². The van der Waals surface area contributed by atoms with Crippen molar-refractivity contribution in [1.29, 1.82) is 0 Å².